The molecule has 86 valence electrons. The van der Waals surface area contributed by atoms with E-state index in [1.54, 1.807) is 0 Å². The van der Waals surface area contributed by atoms with Gasteiger partial charge in [0, 0.05) is 13.0 Å². The number of hydrogen-bond acceptors (Lipinski definition) is 4. The summed E-state index contributed by atoms with van der Waals surface area (Å²) < 4.78 is 4.89. The molecule has 0 aliphatic heterocycles. The summed E-state index contributed by atoms with van der Waals surface area (Å²) in [5.41, 5.74) is 5.24. The fourth-order valence-corrected chi connectivity index (χ4v) is 0.860. The molecule has 0 aromatic rings. The Labute approximate surface area is 89.7 Å². The summed E-state index contributed by atoms with van der Waals surface area (Å²) in [5, 5.41) is 2.58. The van der Waals surface area contributed by atoms with Crippen LogP contribution in [0, 0.1) is 0 Å². The number of carbonyl (C=O) groups is 2. The van der Waals surface area contributed by atoms with E-state index in [1.807, 2.05) is 0 Å². The Morgan fingerprint density at radius 1 is 1.40 bits per heavy atom. The maximum absolute atomic E-state index is 11.0. The van der Waals surface area contributed by atoms with Crippen molar-refractivity contribution >= 4 is 11.9 Å². The first kappa shape index (κ1) is 13.6. The highest BCUT2D eigenvalue weighted by Crippen LogP contribution is 1.91. The first-order valence-corrected chi connectivity index (χ1v) is 4.96. The van der Waals surface area contributed by atoms with E-state index in [-0.39, 0.29) is 11.9 Å². The molecular formula is C10H18N2O3. The van der Waals surface area contributed by atoms with Gasteiger partial charge < -0.3 is 15.8 Å². The van der Waals surface area contributed by atoms with Gasteiger partial charge in [-0.25, -0.2) is 0 Å². The molecule has 0 rings (SSSR count). The number of nitrogens with two attached hydrogens (primary N) is 1. The summed E-state index contributed by atoms with van der Waals surface area (Å²) in [6, 6.07) is 0. The van der Waals surface area contributed by atoms with Crippen molar-refractivity contribution in [2.24, 2.45) is 5.73 Å². The van der Waals surface area contributed by atoms with Crippen molar-refractivity contribution in [3.05, 3.63) is 12.7 Å². The van der Waals surface area contributed by atoms with E-state index in [0.29, 0.717) is 39.0 Å². The van der Waals surface area contributed by atoms with Crippen LogP contribution in [-0.4, -0.2) is 31.6 Å². The Kier molecular flexibility index (Phi) is 8.37. The summed E-state index contributed by atoms with van der Waals surface area (Å²) in [6.07, 6.45) is 2.81. The third-order valence-corrected chi connectivity index (χ3v) is 1.65. The van der Waals surface area contributed by atoms with Crippen molar-refractivity contribution in [1.82, 2.24) is 5.32 Å². The molecule has 0 saturated heterocycles. The molecule has 0 aliphatic rings. The van der Waals surface area contributed by atoms with E-state index in [4.69, 9.17) is 10.5 Å². The Morgan fingerprint density at radius 3 is 2.73 bits per heavy atom. The molecule has 0 bridgehead atoms. The number of hydrogen-bond donors (Lipinski definition) is 2. The summed E-state index contributed by atoms with van der Waals surface area (Å²) in [6.45, 7) is 4.60. The molecule has 0 heterocycles. The number of carbonyl (C=O) groups excluding carboxylic acids is 2. The fourth-order valence-electron chi connectivity index (χ4n) is 0.860. The normalized spacial score (nSPS) is 9.40. The molecule has 5 heteroatoms. The van der Waals surface area contributed by atoms with Gasteiger partial charge in [0.15, 0.2) is 0 Å². The molecule has 0 atom stereocenters. The largest absolute Gasteiger partial charge is 0.466 e. The molecule has 0 fully saturated rings. The molecule has 0 saturated carbocycles. The van der Waals surface area contributed by atoms with Gasteiger partial charge >= 0.3 is 5.97 Å². The van der Waals surface area contributed by atoms with Crippen LogP contribution in [0.3, 0.4) is 0 Å². The molecule has 0 radical (unpaired) electrons. The first-order chi connectivity index (χ1) is 7.20. The zero-order valence-electron chi connectivity index (χ0n) is 8.83. The minimum Gasteiger partial charge on any atom is -0.466 e. The van der Waals surface area contributed by atoms with E-state index in [2.05, 4.69) is 11.9 Å². The van der Waals surface area contributed by atoms with Crippen LogP contribution in [0.1, 0.15) is 19.3 Å². The third-order valence-electron chi connectivity index (χ3n) is 1.65. The minimum absolute atomic E-state index is 0.218. The van der Waals surface area contributed by atoms with Crippen molar-refractivity contribution in [2.75, 3.05) is 19.7 Å². The van der Waals surface area contributed by atoms with Crippen molar-refractivity contribution < 1.29 is 14.3 Å². The topological polar surface area (TPSA) is 81.4 Å². The van der Waals surface area contributed by atoms with E-state index < -0.39 is 0 Å². The molecule has 0 unspecified atom stereocenters. The number of amides is 1. The lowest BCUT2D eigenvalue weighted by atomic mass is 10.3. The van der Waals surface area contributed by atoms with Gasteiger partial charge in [-0.2, -0.15) is 0 Å². The summed E-state index contributed by atoms with van der Waals surface area (Å²) in [7, 11) is 0. The molecule has 0 aliphatic carbocycles. The number of esters is 1. The second-order valence-electron chi connectivity index (χ2n) is 2.96. The average Bonchev–Trinajstić information content (AvgIpc) is 2.25. The lowest BCUT2D eigenvalue weighted by Crippen LogP contribution is -2.23. The van der Waals surface area contributed by atoms with Crippen LogP contribution < -0.4 is 11.1 Å². The lowest BCUT2D eigenvalue weighted by Gasteiger charge is -2.04. The highest BCUT2D eigenvalue weighted by molar-refractivity contribution is 5.86. The second-order valence-corrected chi connectivity index (χ2v) is 2.96. The molecule has 3 N–H and O–H groups in total. The van der Waals surface area contributed by atoms with E-state index in [1.165, 1.54) is 6.08 Å². The lowest BCUT2D eigenvalue weighted by molar-refractivity contribution is -0.143. The molecule has 1 amide bonds. The number of ether oxygens (including phenoxy) is 1. The monoisotopic (exact) mass is 214 g/mol. The van der Waals surface area contributed by atoms with Crippen LogP contribution in [-0.2, 0) is 14.3 Å². The molecular weight excluding hydrogens is 196 g/mol. The maximum Gasteiger partial charge on any atom is 0.305 e. The molecule has 0 aromatic carbocycles. The predicted molar refractivity (Wildman–Crippen MR) is 57.1 cm³/mol. The smallest absolute Gasteiger partial charge is 0.305 e. The van der Waals surface area contributed by atoms with Gasteiger partial charge in [0.1, 0.15) is 0 Å². The van der Waals surface area contributed by atoms with Crippen molar-refractivity contribution in [3.63, 3.8) is 0 Å². The standard InChI is InChI=1S/C10H18N2O3/c1-2-9(13)12-7-4-8-15-10(14)5-3-6-11/h2H,1,3-8,11H2,(H,12,13). The quantitative estimate of drug-likeness (QED) is 0.337. The van der Waals surface area contributed by atoms with Gasteiger partial charge in [-0.05, 0) is 25.5 Å². The summed E-state index contributed by atoms with van der Waals surface area (Å²) in [5.74, 6) is -0.458. The van der Waals surface area contributed by atoms with Crippen LogP contribution in [0.2, 0.25) is 0 Å². The molecule has 0 spiro atoms. The average molecular weight is 214 g/mol. The van der Waals surface area contributed by atoms with Crippen molar-refractivity contribution in [2.45, 2.75) is 19.3 Å². The van der Waals surface area contributed by atoms with Crippen LogP contribution >= 0.6 is 0 Å². The van der Waals surface area contributed by atoms with Gasteiger partial charge in [-0.3, -0.25) is 9.59 Å². The number of rotatable bonds is 8. The third kappa shape index (κ3) is 8.96. The minimum atomic E-state index is -0.240. The van der Waals surface area contributed by atoms with Crippen molar-refractivity contribution in [1.29, 1.82) is 0 Å². The zero-order chi connectivity index (χ0) is 11.5. The van der Waals surface area contributed by atoms with Gasteiger partial charge in [0.2, 0.25) is 5.91 Å². The van der Waals surface area contributed by atoms with E-state index in [9.17, 15) is 9.59 Å². The van der Waals surface area contributed by atoms with Crippen LogP contribution in [0.25, 0.3) is 0 Å². The van der Waals surface area contributed by atoms with E-state index >= 15 is 0 Å². The van der Waals surface area contributed by atoms with E-state index in [0.717, 1.165) is 0 Å². The Bertz CT molecular complexity index is 217. The first-order valence-electron chi connectivity index (χ1n) is 4.96. The van der Waals surface area contributed by atoms with Crippen LogP contribution in [0.5, 0.6) is 0 Å². The summed E-state index contributed by atoms with van der Waals surface area (Å²) >= 11 is 0. The van der Waals surface area contributed by atoms with Gasteiger partial charge in [0.25, 0.3) is 0 Å². The molecule has 5 nitrogen and oxygen atoms in total. The van der Waals surface area contributed by atoms with Crippen LogP contribution in [0.15, 0.2) is 12.7 Å². The Morgan fingerprint density at radius 2 is 2.13 bits per heavy atom. The van der Waals surface area contributed by atoms with Crippen LogP contribution in [0.4, 0.5) is 0 Å². The van der Waals surface area contributed by atoms with Gasteiger partial charge in [-0.15, -0.1) is 0 Å². The SMILES string of the molecule is C=CC(=O)NCCCOC(=O)CCCN. The summed E-state index contributed by atoms with van der Waals surface area (Å²) in [4.78, 5) is 21.7. The highest BCUT2D eigenvalue weighted by Gasteiger charge is 2.01. The zero-order valence-corrected chi connectivity index (χ0v) is 8.83. The fraction of sp³-hybridized carbons (Fsp3) is 0.600. The number of nitrogens with one attached hydrogen (secondary N) is 1. The predicted octanol–water partition coefficient (Wildman–Crippen LogP) is -0.0392. The van der Waals surface area contributed by atoms with Gasteiger partial charge in [0.05, 0.1) is 6.61 Å². The Hall–Kier alpha value is -1.36. The second kappa shape index (κ2) is 9.21. The highest BCUT2D eigenvalue weighted by atomic mass is 16.5. The maximum atomic E-state index is 11.0. The Balaban J connectivity index is 3.27. The van der Waals surface area contributed by atoms with Crippen molar-refractivity contribution in [3.8, 4) is 0 Å². The molecule has 15 heavy (non-hydrogen) atoms. The van der Waals surface area contributed by atoms with Gasteiger partial charge in [-0.1, -0.05) is 6.58 Å². The molecule has 0 aromatic heterocycles.